The molecule has 3 atom stereocenters. The van der Waals surface area contributed by atoms with Crippen LogP contribution in [0.5, 0.6) is 0 Å². The van der Waals surface area contributed by atoms with Crippen molar-refractivity contribution in [3.63, 3.8) is 0 Å². The van der Waals surface area contributed by atoms with Gasteiger partial charge in [0.25, 0.3) is 0 Å². The topological polar surface area (TPSA) is 155 Å². The number of aliphatic hydroxyl groups is 1. The molecule has 0 radical (unpaired) electrons. The number of unbranched alkanes of at least 4 members (excludes halogenated alkanes) is 19. The molecule has 0 saturated heterocycles. The molecular weight excluding hydrogens is 976 g/mol. The molecule has 3 unspecified atom stereocenters. The maximum absolute atomic E-state index is 12.9. The van der Waals surface area contributed by atoms with E-state index in [1.807, 2.05) is 12.2 Å². The Hall–Kier alpha value is -3.86. The second kappa shape index (κ2) is 57.3. The highest BCUT2D eigenvalue weighted by Gasteiger charge is 2.28. The van der Waals surface area contributed by atoms with Crippen molar-refractivity contribution in [2.75, 3.05) is 26.4 Å². The Kier molecular flexibility index (Phi) is 54.4. The van der Waals surface area contributed by atoms with Crippen molar-refractivity contribution in [3.8, 4) is 0 Å². The molecule has 0 fully saturated rings. The Bertz CT molecular complexity index is 1690. The van der Waals surface area contributed by atoms with Gasteiger partial charge in [0.2, 0.25) is 0 Å². The molecule has 0 heterocycles. The summed E-state index contributed by atoms with van der Waals surface area (Å²) < 4.78 is 39.5. The molecular formula is C64H107O11P. The summed E-state index contributed by atoms with van der Waals surface area (Å²) in [7, 11) is -4.78. The first-order valence-electron chi connectivity index (χ1n) is 29.8. The molecule has 0 saturated carbocycles. The van der Waals surface area contributed by atoms with Crippen LogP contribution in [-0.2, 0) is 42.2 Å². The van der Waals surface area contributed by atoms with E-state index in [1.54, 1.807) is 0 Å². The van der Waals surface area contributed by atoms with Crippen LogP contribution in [0.1, 0.15) is 239 Å². The van der Waals surface area contributed by atoms with Crippen molar-refractivity contribution in [2.24, 2.45) is 0 Å². The Labute approximate surface area is 463 Å². The Morgan fingerprint density at radius 3 is 1.13 bits per heavy atom. The monoisotopic (exact) mass is 1080 g/mol. The lowest BCUT2D eigenvalue weighted by molar-refractivity contribution is -0.161. The van der Waals surface area contributed by atoms with Crippen molar-refractivity contribution in [3.05, 3.63) is 109 Å². The zero-order valence-corrected chi connectivity index (χ0v) is 48.8. The van der Waals surface area contributed by atoms with Crippen LogP contribution in [0.15, 0.2) is 109 Å². The zero-order chi connectivity index (χ0) is 55.5. The third-order valence-electron chi connectivity index (χ3n) is 12.2. The zero-order valence-electron chi connectivity index (χ0n) is 47.9. The van der Waals surface area contributed by atoms with Crippen LogP contribution < -0.4 is 0 Å². The van der Waals surface area contributed by atoms with Crippen LogP contribution in [0.2, 0.25) is 0 Å². The maximum atomic E-state index is 12.9. The molecule has 0 aromatic carbocycles. The van der Waals surface area contributed by atoms with Crippen molar-refractivity contribution in [1.29, 1.82) is 0 Å². The van der Waals surface area contributed by atoms with Crippen LogP contribution in [0, 0.1) is 0 Å². The lowest BCUT2D eigenvalue weighted by Gasteiger charge is -2.21. The minimum atomic E-state index is -4.78. The van der Waals surface area contributed by atoms with Gasteiger partial charge in [0.1, 0.15) is 12.7 Å². The van der Waals surface area contributed by atoms with E-state index in [1.165, 1.54) is 83.5 Å². The van der Waals surface area contributed by atoms with E-state index in [0.29, 0.717) is 25.7 Å². The largest absolute Gasteiger partial charge is 0.472 e. The molecule has 12 heteroatoms. The number of carbonyl (C=O) groups is 3. The number of phosphoric ester groups is 1. The summed E-state index contributed by atoms with van der Waals surface area (Å²) >= 11 is 0. The van der Waals surface area contributed by atoms with Gasteiger partial charge in [0.05, 0.1) is 19.8 Å². The molecule has 0 aromatic rings. The fourth-order valence-electron chi connectivity index (χ4n) is 7.69. The normalized spacial score (nSPS) is 14.1. The van der Waals surface area contributed by atoms with Gasteiger partial charge in [0, 0.05) is 19.3 Å². The predicted octanol–water partition coefficient (Wildman–Crippen LogP) is 17.8. The SMILES string of the molecule is CC/C=C\C/C=C\C/C=C\C/C=C\C/C=C\CCCC(=O)OC(COC(=O)CCCCCCCCCCC/C=C\CCCCCCCC)COP(=O)(O)OCC(CO)OC(=O)CCCCC/C=C\C/C=C\C/C=C\CC. The molecule has 0 aliphatic rings. The summed E-state index contributed by atoms with van der Waals surface area (Å²) in [5.74, 6) is -1.57. The Balaban J connectivity index is 4.82. The summed E-state index contributed by atoms with van der Waals surface area (Å²) in [6, 6.07) is 0. The third-order valence-corrected chi connectivity index (χ3v) is 13.1. The molecule has 0 bridgehead atoms. The van der Waals surface area contributed by atoms with E-state index in [2.05, 4.69) is 118 Å². The minimum Gasteiger partial charge on any atom is -0.462 e. The quantitative estimate of drug-likeness (QED) is 0.0197. The summed E-state index contributed by atoms with van der Waals surface area (Å²) in [4.78, 5) is 48.6. The molecule has 434 valence electrons. The van der Waals surface area contributed by atoms with Gasteiger partial charge in [0.15, 0.2) is 6.10 Å². The number of hydrogen-bond acceptors (Lipinski definition) is 10. The highest BCUT2D eigenvalue weighted by molar-refractivity contribution is 7.47. The number of hydrogen-bond donors (Lipinski definition) is 2. The van der Waals surface area contributed by atoms with Crippen LogP contribution in [0.4, 0.5) is 0 Å². The molecule has 0 aromatic heterocycles. The average molecular weight is 1080 g/mol. The van der Waals surface area contributed by atoms with E-state index in [9.17, 15) is 28.9 Å². The number of esters is 3. The van der Waals surface area contributed by atoms with Gasteiger partial charge < -0.3 is 24.2 Å². The molecule has 0 aliphatic carbocycles. The fraction of sp³-hybridized carbons (Fsp3) is 0.672. The van der Waals surface area contributed by atoms with E-state index in [0.717, 1.165) is 89.9 Å². The number of carbonyl (C=O) groups excluding carboxylic acids is 3. The Morgan fingerprint density at radius 1 is 0.382 bits per heavy atom. The lowest BCUT2D eigenvalue weighted by atomic mass is 10.1. The molecule has 76 heavy (non-hydrogen) atoms. The summed E-state index contributed by atoms with van der Waals surface area (Å²) in [6.45, 7) is 4.31. The van der Waals surface area contributed by atoms with Crippen molar-refractivity contribution in [2.45, 2.75) is 251 Å². The van der Waals surface area contributed by atoms with Crippen LogP contribution in [0.25, 0.3) is 0 Å². The standard InChI is InChI=1S/C64H107O11P/c1-4-7-10-13-16-19-22-25-27-29-30-32-33-36-38-41-44-47-50-53-62(66)71-57-61(75-64(68)55-52-49-46-43-40-37-34-31-28-26-23-20-17-14-11-8-5-2)59-73-76(69,70)72-58-60(56-65)74-63(67)54-51-48-45-42-39-35-24-21-18-15-12-9-6-3/h8-9,11-12,17-18,20-21,25-28,34-35,37,39,43,46,60-61,65H,4-7,10,13-16,19,22-24,29-33,36,38,40-42,44-45,47-59H2,1-3H3,(H,69,70)/b11-8-,12-9-,20-17-,21-18-,27-25-,28-26-,37-34-,39-35-,46-43-. The van der Waals surface area contributed by atoms with Crippen molar-refractivity contribution < 1.29 is 52.2 Å². The molecule has 0 rings (SSSR count). The smallest absolute Gasteiger partial charge is 0.462 e. The number of ether oxygens (including phenoxy) is 3. The summed E-state index contributed by atoms with van der Waals surface area (Å²) in [5.41, 5.74) is 0. The fourth-order valence-corrected chi connectivity index (χ4v) is 8.48. The van der Waals surface area contributed by atoms with Crippen LogP contribution in [-0.4, -0.2) is 66.5 Å². The highest BCUT2D eigenvalue weighted by atomic mass is 31.2. The van der Waals surface area contributed by atoms with E-state index in [4.69, 9.17) is 23.3 Å². The van der Waals surface area contributed by atoms with Gasteiger partial charge in [-0.25, -0.2) is 4.57 Å². The molecule has 0 aliphatic heterocycles. The van der Waals surface area contributed by atoms with Crippen molar-refractivity contribution in [1.82, 2.24) is 0 Å². The number of allylic oxidation sites excluding steroid dienone is 18. The van der Waals surface area contributed by atoms with E-state index >= 15 is 0 Å². The van der Waals surface area contributed by atoms with Gasteiger partial charge in [-0.3, -0.25) is 23.4 Å². The molecule has 11 nitrogen and oxygen atoms in total. The number of phosphoric acid groups is 1. The Morgan fingerprint density at radius 2 is 0.697 bits per heavy atom. The first-order valence-corrected chi connectivity index (χ1v) is 31.3. The third kappa shape index (κ3) is 54.9. The van der Waals surface area contributed by atoms with E-state index in [-0.39, 0.29) is 25.9 Å². The van der Waals surface area contributed by atoms with Gasteiger partial charge in [-0.1, -0.05) is 214 Å². The summed E-state index contributed by atoms with van der Waals surface area (Å²) in [6.07, 6.45) is 69.2. The number of rotatable bonds is 54. The molecule has 0 amide bonds. The second-order valence-electron chi connectivity index (χ2n) is 19.4. The van der Waals surface area contributed by atoms with Crippen LogP contribution in [0.3, 0.4) is 0 Å². The summed E-state index contributed by atoms with van der Waals surface area (Å²) in [5, 5.41) is 9.81. The van der Waals surface area contributed by atoms with Gasteiger partial charge in [-0.05, 0) is 116 Å². The van der Waals surface area contributed by atoms with Crippen molar-refractivity contribution >= 4 is 25.7 Å². The highest BCUT2D eigenvalue weighted by Crippen LogP contribution is 2.43. The second-order valence-corrected chi connectivity index (χ2v) is 20.8. The molecule has 2 N–H and O–H groups in total. The van der Waals surface area contributed by atoms with Crippen LogP contribution >= 0.6 is 7.82 Å². The van der Waals surface area contributed by atoms with Gasteiger partial charge in [-0.15, -0.1) is 0 Å². The predicted molar refractivity (Wildman–Crippen MR) is 316 cm³/mol. The molecule has 0 spiro atoms. The average Bonchev–Trinajstić information content (AvgIpc) is 3.41. The number of aliphatic hydroxyl groups excluding tert-OH is 1. The van der Waals surface area contributed by atoms with Gasteiger partial charge >= 0.3 is 25.7 Å². The van der Waals surface area contributed by atoms with E-state index < -0.39 is 57.8 Å². The van der Waals surface area contributed by atoms with Gasteiger partial charge in [-0.2, -0.15) is 0 Å². The lowest BCUT2D eigenvalue weighted by Crippen LogP contribution is -2.30. The minimum absolute atomic E-state index is 0.0821. The maximum Gasteiger partial charge on any atom is 0.472 e. The first-order chi connectivity index (χ1) is 37.2. The first kappa shape index (κ1) is 72.1.